The predicted molar refractivity (Wildman–Crippen MR) is 41.4 cm³/mol. The van der Waals surface area contributed by atoms with Gasteiger partial charge in [0, 0.05) is 0 Å². The molecule has 1 fully saturated rings. The molecule has 0 heterocycles. The van der Waals surface area contributed by atoms with Gasteiger partial charge in [-0.05, 0) is 32.1 Å². The van der Waals surface area contributed by atoms with E-state index in [4.69, 9.17) is 0 Å². The molecule has 0 amide bonds. The van der Waals surface area contributed by atoms with Gasteiger partial charge in [0.1, 0.15) is 0 Å². The number of rotatable bonds is 3. The lowest BCUT2D eigenvalue weighted by atomic mass is 10.1. The van der Waals surface area contributed by atoms with Crippen LogP contribution in [0.2, 0.25) is 0 Å². The third-order valence-electron chi connectivity index (χ3n) is 2.01. The van der Waals surface area contributed by atoms with Gasteiger partial charge in [-0.15, -0.1) is 0 Å². The van der Waals surface area contributed by atoms with E-state index in [0.717, 1.165) is 5.92 Å². The summed E-state index contributed by atoms with van der Waals surface area (Å²) in [5, 5.41) is 0. The molecule has 0 atom stereocenters. The molecule has 0 aliphatic heterocycles. The van der Waals surface area contributed by atoms with Crippen LogP contribution in [0.15, 0.2) is 11.6 Å². The molecule has 0 aromatic heterocycles. The number of allylic oxidation sites excluding steroid dienone is 2. The second-order valence-electron chi connectivity index (χ2n) is 2.89. The van der Waals surface area contributed by atoms with E-state index < -0.39 is 0 Å². The van der Waals surface area contributed by atoms with Crippen LogP contribution in [0.3, 0.4) is 0 Å². The lowest BCUT2D eigenvalue weighted by Crippen LogP contribution is -1.83. The molecule has 1 saturated carbocycles. The van der Waals surface area contributed by atoms with Gasteiger partial charge in [-0.2, -0.15) is 0 Å². The van der Waals surface area contributed by atoms with Crippen molar-refractivity contribution >= 4 is 0 Å². The SMILES string of the molecule is CC=C(CCC)C1CC1. The predicted octanol–water partition coefficient (Wildman–Crippen LogP) is 3.14. The minimum atomic E-state index is 0.995. The van der Waals surface area contributed by atoms with Crippen LogP contribution in [-0.2, 0) is 0 Å². The first-order chi connectivity index (χ1) is 4.38. The van der Waals surface area contributed by atoms with Gasteiger partial charge < -0.3 is 0 Å². The molecular weight excluding hydrogens is 108 g/mol. The average molecular weight is 124 g/mol. The lowest BCUT2D eigenvalue weighted by molar-refractivity contribution is 0.820. The van der Waals surface area contributed by atoms with Crippen LogP contribution in [0.1, 0.15) is 39.5 Å². The van der Waals surface area contributed by atoms with Gasteiger partial charge in [-0.25, -0.2) is 0 Å². The van der Waals surface area contributed by atoms with E-state index in [0.29, 0.717) is 0 Å². The van der Waals surface area contributed by atoms with Crippen LogP contribution in [0.5, 0.6) is 0 Å². The first-order valence-electron chi connectivity index (χ1n) is 4.03. The van der Waals surface area contributed by atoms with E-state index in [1.807, 2.05) is 0 Å². The third kappa shape index (κ3) is 1.85. The lowest BCUT2D eigenvalue weighted by Gasteiger charge is -1.99. The molecule has 0 radical (unpaired) electrons. The second-order valence-corrected chi connectivity index (χ2v) is 2.89. The molecule has 1 rings (SSSR count). The summed E-state index contributed by atoms with van der Waals surface area (Å²) in [5.74, 6) is 0.995. The van der Waals surface area contributed by atoms with Crippen LogP contribution in [0.25, 0.3) is 0 Å². The van der Waals surface area contributed by atoms with Crippen LogP contribution < -0.4 is 0 Å². The highest BCUT2D eigenvalue weighted by atomic mass is 14.3. The fourth-order valence-electron chi connectivity index (χ4n) is 1.33. The van der Waals surface area contributed by atoms with E-state index in [1.54, 1.807) is 5.57 Å². The van der Waals surface area contributed by atoms with Gasteiger partial charge in [0.25, 0.3) is 0 Å². The molecule has 0 aromatic carbocycles. The maximum atomic E-state index is 2.31. The molecule has 0 unspecified atom stereocenters. The standard InChI is InChI=1S/C9H16/c1-3-5-8(4-2)9-6-7-9/h4,9H,3,5-7H2,1-2H3. The summed E-state index contributed by atoms with van der Waals surface area (Å²) in [4.78, 5) is 0. The van der Waals surface area contributed by atoms with Crippen LogP contribution in [0.4, 0.5) is 0 Å². The van der Waals surface area contributed by atoms with Crippen molar-refractivity contribution in [1.29, 1.82) is 0 Å². The van der Waals surface area contributed by atoms with Gasteiger partial charge in [-0.3, -0.25) is 0 Å². The molecule has 9 heavy (non-hydrogen) atoms. The maximum absolute atomic E-state index is 2.31. The minimum Gasteiger partial charge on any atom is -0.0882 e. The highest BCUT2D eigenvalue weighted by Crippen LogP contribution is 2.38. The zero-order valence-electron chi connectivity index (χ0n) is 6.48. The quantitative estimate of drug-likeness (QED) is 0.507. The summed E-state index contributed by atoms with van der Waals surface area (Å²) in [5.41, 5.74) is 1.71. The molecule has 0 aromatic rings. The number of hydrogen-bond acceptors (Lipinski definition) is 0. The first-order valence-corrected chi connectivity index (χ1v) is 4.03. The molecule has 0 saturated heterocycles. The summed E-state index contributed by atoms with van der Waals surface area (Å²) in [6, 6.07) is 0. The largest absolute Gasteiger partial charge is 0.0882 e. The van der Waals surface area contributed by atoms with Crippen LogP contribution >= 0.6 is 0 Å². The first kappa shape index (κ1) is 6.85. The Morgan fingerprint density at radius 2 is 2.22 bits per heavy atom. The van der Waals surface area contributed by atoms with E-state index in [-0.39, 0.29) is 0 Å². The Morgan fingerprint density at radius 1 is 1.56 bits per heavy atom. The van der Waals surface area contributed by atoms with E-state index in [1.165, 1.54) is 25.7 Å². The van der Waals surface area contributed by atoms with Gasteiger partial charge in [0.05, 0.1) is 0 Å². The summed E-state index contributed by atoms with van der Waals surface area (Å²) in [6.07, 6.45) is 7.87. The van der Waals surface area contributed by atoms with Gasteiger partial charge in [0.2, 0.25) is 0 Å². The highest BCUT2D eigenvalue weighted by molar-refractivity contribution is 5.10. The Bertz CT molecular complexity index is 107. The van der Waals surface area contributed by atoms with Crippen molar-refractivity contribution in [3.63, 3.8) is 0 Å². The molecule has 0 spiro atoms. The van der Waals surface area contributed by atoms with E-state index in [2.05, 4.69) is 19.9 Å². The Labute approximate surface area is 58.0 Å². The van der Waals surface area contributed by atoms with Crippen molar-refractivity contribution in [1.82, 2.24) is 0 Å². The third-order valence-corrected chi connectivity index (χ3v) is 2.01. The van der Waals surface area contributed by atoms with Crippen molar-refractivity contribution in [3.05, 3.63) is 11.6 Å². The molecule has 0 bridgehead atoms. The van der Waals surface area contributed by atoms with Crippen LogP contribution in [0, 0.1) is 5.92 Å². The van der Waals surface area contributed by atoms with Crippen LogP contribution in [-0.4, -0.2) is 0 Å². The molecule has 1 aliphatic carbocycles. The van der Waals surface area contributed by atoms with E-state index >= 15 is 0 Å². The molecule has 0 heteroatoms. The second kappa shape index (κ2) is 3.05. The van der Waals surface area contributed by atoms with Crippen molar-refractivity contribution in [2.45, 2.75) is 39.5 Å². The normalized spacial score (nSPS) is 20.4. The summed E-state index contributed by atoms with van der Waals surface area (Å²) >= 11 is 0. The molecule has 52 valence electrons. The molecule has 0 nitrogen and oxygen atoms in total. The maximum Gasteiger partial charge on any atom is -0.0203 e. The van der Waals surface area contributed by atoms with E-state index in [9.17, 15) is 0 Å². The Hall–Kier alpha value is -0.260. The van der Waals surface area contributed by atoms with Gasteiger partial charge in [-0.1, -0.05) is 25.0 Å². The average Bonchev–Trinajstić information content (AvgIpc) is 2.64. The number of hydrogen-bond donors (Lipinski definition) is 0. The van der Waals surface area contributed by atoms with Gasteiger partial charge >= 0.3 is 0 Å². The van der Waals surface area contributed by atoms with Gasteiger partial charge in [0.15, 0.2) is 0 Å². The zero-order chi connectivity index (χ0) is 6.69. The topological polar surface area (TPSA) is 0 Å². The van der Waals surface area contributed by atoms with Crippen molar-refractivity contribution in [2.24, 2.45) is 5.92 Å². The minimum absolute atomic E-state index is 0.995. The summed E-state index contributed by atoms with van der Waals surface area (Å²) in [6.45, 7) is 4.43. The Morgan fingerprint density at radius 3 is 2.56 bits per heavy atom. The molecule has 0 N–H and O–H groups in total. The van der Waals surface area contributed by atoms with Crippen molar-refractivity contribution < 1.29 is 0 Å². The Balaban J connectivity index is 2.30. The zero-order valence-corrected chi connectivity index (χ0v) is 6.48. The monoisotopic (exact) mass is 124 g/mol. The smallest absolute Gasteiger partial charge is 0.0203 e. The molecule has 1 aliphatic rings. The highest BCUT2D eigenvalue weighted by Gasteiger charge is 2.23. The Kier molecular flexibility index (Phi) is 2.32. The fourth-order valence-corrected chi connectivity index (χ4v) is 1.33. The fraction of sp³-hybridized carbons (Fsp3) is 0.778. The van der Waals surface area contributed by atoms with Crippen molar-refractivity contribution in [2.75, 3.05) is 0 Å². The summed E-state index contributed by atoms with van der Waals surface area (Å²) < 4.78 is 0. The molecular formula is C9H16. The van der Waals surface area contributed by atoms with Crippen molar-refractivity contribution in [3.8, 4) is 0 Å². The summed E-state index contributed by atoms with van der Waals surface area (Å²) in [7, 11) is 0.